The van der Waals surface area contributed by atoms with Gasteiger partial charge in [-0.1, -0.05) is 30.3 Å². The van der Waals surface area contributed by atoms with E-state index in [1.807, 2.05) is 54.6 Å². The second-order valence-electron chi connectivity index (χ2n) is 4.77. The molecule has 0 saturated carbocycles. The van der Waals surface area contributed by atoms with E-state index in [9.17, 15) is 9.35 Å². The molecule has 21 heavy (non-hydrogen) atoms. The summed E-state index contributed by atoms with van der Waals surface area (Å²) in [6.45, 7) is 0.275. The maximum absolute atomic E-state index is 12.0. The van der Waals surface area contributed by atoms with Gasteiger partial charge >= 0.3 is 5.97 Å². The summed E-state index contributed by atoms with van der Waals surface area (Å²) >= 11 is -1.00. The Bertz CT molecular complexity index is 688. The summed E-state index contributed by atoms with van der Waals surface area (Å²) in [4.78, 5) is 12.8. The molecule has 0 aromatic heterocycles. The average molecular weight is 298 g/mol. The Labute approximate surface area is 126 Å². The lowest BCUT2D eigenvalue weighted by molar-refractivity contribution is -0.133. The number of benzene rings is 2. The lowest BCUT2D eigenvalue weighted by Crippen LogP contribution is -1.98. The van der Waals surface area contributed by atoms with Crippen LogP contribution in [0.15, 0.2) is 59.5 Å². The van der Waals surface area contributed by atoms with Crippen molar-refractivity contribution in [3.8, 4) is 0 Å². The minimum atomic E-state index is -1.00. The van der Waals surface area contributed by atoms with E-state index >= 15 is 0 Å². The number of carbonyl (C=O) groups is 1. The van der Waals surface area contributed by atoms with E-state index in [-0.39, 0.29) is 12.6 Å². The zero-order chi connectivity index (χ0) is 14.8. The molecule has 2 aromatic rings. The van der Waals surface area contributed by atoms with E-state index in [1.165, 1.54) is 0 Å². The van der Waals surface area contributed by atoms with Crippen molar-refractivity contribution in [1.82, 2.24) is 0 Å². The number of hydrogen-bond donors (Lipinski definition) is 0. The van der Waals surface area contributed by atoms with Crippen molar-refractivity contribution in [3.05, 3.63) is 65.7 Å². The minimum Gasteiger partial charge on any atom is -0.612 e. The Balaban J connectivity index is 2.06. The van der Waals surface area contributed by atoms with Gasteiger partial charge in [-0.15, -0.1) is 0 Å². The van der Waals surface area contributed by atoms with Crippen LogP contribution in [0.1, 0.15) is 11.1 Å². The Morgan fingerprint density at radius 1 is 1.00 bits per heavy atom. The standard InChI is InChI=1S/C17H14O3S/c1-21(19)14-9-7-12(8-10-14)15-11-20-17(18)16(15)13-5-3-2-4-6-13/h2-10H,11H2,1H3/t21-/m0/s1. The molecule has 3 rings (SSSR count). The summed E-state index contributed by atoms with van der Waals surface area (Å²) < 4.78 is 16.6. The molecule has 3 nitrogen and oxygen atoms in total. The Hall–Kier alpha value is -2.04. The van der Waals surface area contributed by atoms with Crippen molar-refractivity contribution in [1.29, 1.82) is 0 Å². The molecule has 106 valence electrons. The molecule has 0 amide bonds. The van der Waals surface area contributed by atoms with Crippen LogP contribution in [0.5, 0.6) is 0 Å². The molecule has 1 heterocycles. The first-order chi connectivity index (χ1) is 10.2. The van der Waals surface area contributed by atoms with Gasteiger partial charge in [0.1, 0.15) is 12.9 Å². The zero-order valence-corrected chi connectivity index (χ0v) is 12.4. The van der Waals surface area contributed by atoms with Gasteiger partial charge in [-0.25, -0.2) is 4.79 Å². The highest BCUT2D eigenvalue weighted by Crippen LogP contribution is 2.33. The number of hydrogen-bond acceptors (Lipinski definition) is 3. The first-order valence-electron chi connectivity index (χ1n) is 6.56. The van der Waals surface area contributed by atoms with Gasteiger partial charge in [0.25, 0.3) is 0 Å². The normalized spacial score (nSPS) is 16.0. The molecule has 1 atom stereocenters. The Kier molecular flexibility index (Phi) is 3.82. The minimum absolute atomic E-state index is 0.275. The first kappa shape index (κ1) is 13.9. The van der Waals surface area contributed by atoms with Crippen LogP contribution in [0.4, 0.5) is 0 Å². The van der Waals surface area contributed by atoms with Gasteiger partial charge in [-0.05, 0) is 46.6 Å². The van der Waals surface area contributed by atoms with Crippen molar-refractivity contribution in [2.45, 2.75) is 4.90 Å². The Morgan fingerprint density at radius 2 is 1.67 bits per heavy atom. The summed E-state index contributed by atoms with van der Waals surface area (Å²) in [7, 11) is 0. The van der Waals surface area contributed by atoms with Crippen LogP contribution in [-0.4, -0.2) is 23.4 Å². The van der Waals surface area contributed by atoms with E-state index in [0.717, 1.165) is 21.6 Å². The number of esters is 1. The third-order valence-electron chi connectivity index (χ3n) is 3.45. The van der Waals surface area contributed by atoms with Crippen LogP contribution < -0.4 is 0 Å². The summed E-state index contributed by atoms with van der Waals surface area (Å²) in [5.41, 5.74) is 3.27. The summed E-state index contributed by atoms with van der Waals surface area (Å²) in [5.74, 6) is -0.292. The fourth-order valence-corrected chi connectivity index (χ4v) is 2.90. The van der Waals surface area contributed by atoms with Crippen LogP contribution in [0.2, 0.25) is 0 Å². The molecule has 0 spiro atoms. The fraction of sp³-hybridized carbons (Fsp3) is 0.118. The number of carbonyl (C=O) groups excluding carboxylic acids is 1. The molecule has 0 bridgehead atoms. The summed E-state index contributed by atoms with van der Waals surface area (Å²) in [6.07, 6.45) is 1.64. The second-order valence-corrected chi connectivity index (χ2v) is 6.15. The van der Waals surface area contributed by atoms with Gasteiger partial charge in [-0.3, -0.25) is 0 Å². The van der Waals surface area contributed by atoms with Gasteiger partial charge < -0.3 is 9.29 Å². The van der Waals surface area contributed by atoms with Gasteiger partial charge in [0.05, 0.1) is 5.57 Å². The Morgan fingerprint density at radius 3 is 2.29 bits per heavy atom. The second kappa shape index (κ2) is 5.76. The highest BCUT2D eigenvalue weighted by Gasteiger charge is 2.27. The lowest BCUT2D eigenvalue weighted by atomic mass is 9.97. The highest BCUT2D eigenvalue weighted by atomic mass is 32.2. The van der Waals surface area contributed by atoms with Crippen molar-refractivity contribution in [2.75, 3.05) is 12.9 Å². The quantitative estimate of drug-likeness (QED) is 0.646. The number of cyclic esters (lactones) is 1. The molecule has 1 aliphatic rings. The van der Waals surface area contributed by atoms with Crippen LogP contribution in [0.25, 0.3) is 11.1 Å². The maximum Gasteiger partial charge on any atom is 0.339 e. The van der Waals surface area contributed by atoms with Crippen LogP contribution in [-0.2, 0) is 20.7 Å². The molecule has 2 aromatic carbocycles. The average Bonchev–Trinajstić information content (AvgIpc) is 2.90. The van der Waals surface area contributed by atoms with Crippen molar-refractivity contribution >= 4 is 28.3 Å². The predicted molar refractivity (Wildman–Crippen MR) is 83.0 cm³/mol. The van der Waals surface area contributed by atoms with Crippen LogP contribution in [0.3, 0.4) is 0 Å². The molecule has 0 unspecified atom stereocenters. The summed E-state index contributed by atoms with van der Waals surface area (Å²) in [5, 5.41) is 0. The van der Waals surface area contributed by atoms with Crippen LogP contribution >= 0.6 is 0 Å². The van der Waals surface area contributed by atoms with Crippen molar-refractivity contribution in [3.63, 3.8) is 0 Å². The van der Waals surface area contributed by atoms with Gasteiger partial charge in [0.15, 0.2) is 4.90 Å². The molecule has 0 aliphatic carbocycles. The monoisotopic (exact) mass is 298 g/mol. The predicted octanol–water partition coefficient (Wildman–Crippen LogP) is 2.89. The molecule has 0 saturated heterocycles. The van der Waals surface area contributed by atoms with Crippen LogP contribution in [0, 0.1) is 0 Å². The van der Waals surface area contributed by atoms with Gasteiger partial charge in [0, 0.05) is 5.57 Å². The molecule has 0 fully saturated rings. The topological polar surface area (TPSA) is 49.4 Å². The van der Waals surface area contributed by atoms with Crippen molar-refractivity contribution < 1.29 is 14.1 Å². The first-order valence-corrected chi connectivity index (χ1v) is 8.12. The zero-order valence-electron chi connectivity index (χ0n) is 11.5. The number of ether oxygens (including phenoxy) is 1. The molecular formula is C17H14O3S. The molecule has 1 aliphatic heterocycles. The molecule has 0 radical (unpaired) electrons. The third-order valence-corrected chi connectivity index (χ3v) is 4.39. The SMILES string of the molecule is C[S@+]([O-])c1ccc(C2=C(c3ccccc3)C(=O)OC2)cc1. The third kappa shape index (κ3) is 2.73. The fourth-order valence-electron chi connectivity index (χ4n) is 2.38. The van der Waals surface area contributed by atoms with E-state index in [2.05, 4.69) is 0 Å². The smallest absolute Gasteiger partial charge is 0.339 e. The van der Waals surface area contributed by atoms with E-state index in [4.69, 9.17) is 4.74 Å². The highest BCUT2D eigenvalue weighted by molar-refractivity contribution is 7.90. The van der Waals surface area contributed by atoms with E-state index in [0.29, 0.717) is 5.57 Å². The van der Waals surface area contributed by atoms with E-state index in [1.54, 1.807) is 6.26 Å². The largest absolute Gasteiger partial charge is 0.612 e. The lowest BCUT2D eigenvalue weighted by Gasteiger charge is -2.07. The van der Waals surface area contributed by atoms with Crippen molar-refractivity contribution in [2.24, 2.45) is 0 Å². The van der Waals surface area contributed by atoms with E-state index < -0.39 is 11.2 Å². The molecule has 0 N–H and O–H groups in total. The van der Waals surface area contributed by atoms with Gasteiger partial charge in [0.2, 0.25) is 0 Å². The summed E-state index contributed by atoms with van der Waals surface area (Å²) in [6, 6.07) is 16.9. The maximum atomic E-state index is 12.0. The van der Waals surface area contributed by atoms with Gasteiger partial charge in [-0.2, -0.15) is 0 Å². The number of rotatable bonds is 3. The molecule has 4 heteroatoms. The molecular weight excluding hydrogens is 284 g/mol.